The molecule has 0 atom stereocenters. The van der Waals surface area contributed by atoms with E-state index in [0.717, 1.165) is 0 Å². The molecule has 0 unspecified atom stereocenters. The highest BCUT2D eigenvalue weighted by Gasteiger charge is 1.81. The maximum absolute atomic E-state index is 6.78. The molecular formula is C2H4Br2N2. The van der Waals surface area contributed by atoms with Crippen LogP contribution in [-0.2, 0) is 0 Å². The van der Waals surface area contributed by atoms with Crippen LogP contribution in [0.5, 0.6) is 0 Å². The summed E-state index contributed by atoms with van der Waals surface area (Å²) in [6, 6.07) is 0. The van der Waals surface area contributed by atoms with Crippen molar-refractivity contribution in [1.29, 1.82) is 5.41 Å². The molecule has 0 amide bonds. The predicted molar refractivity (Wildman–Crippen MR) is 33.6 cm³/mol. The molecule has 0 aliphatic heterocycles. The van der Waals surface area contributed by atoms with Crippen LogP contribution in [0.15, 0.2) is 0 Å². The molecule has 0 saturated carbocycles. The Kier molecular flexibility index (Phi) is 3.87. The normalized spacial score (nSPS) is 7.67. The van der Waals surface area contributed by atoms with Gasteiger partial charge in [0.1, 0.15) is 5.84 Å². The van der Waals surface area contributed by atoms with E-state index < -0.39 is 0 Å². The lowest BCUT2D eigenvalue weighted by Gasteiger charge is -1.88. The van der Waals surface area contributed by atoms with Crippen LogP contribution in [0.2, 0.25) is 0 Å². The van der Waals surface area contributed by atoms with E-state index in [1.54, 1.807) is 0 Å². The standard InChI is InChI=1S/C2H4Br2N2/c3-1-2(5)6-4/h1H2,(H2,5,6). The molecule has 0 aromatic heterocycles. The summed E-state index contributed by atoms with van der Waals surface area (Å²) in [5.41, 5.74) is 0. The maximum atomic E-state index is 6.78. The number of amidine groups is 1. The molecule has 0 aliphatic carbocycles. The quantitative estimate of drug-likeness (QED) is 0.294. The zero-order valence-electron chi connectivity index (χ0n) is 2.96. The molecule has 0 bridgehead atoms. The molecular weight excluding hydrogens is 212 g/mol. The Bertz CT molecular complexity index is 47.5. The smallest absolute Gasteiger partial charge is 0.114 e. The predicted octanol–water partition coefficient (Wildman–Crippen LogP) is 1.26. The average Bonchev–Trinajstić information content (AvgIpc) is 1.65. The summed E-state index contributed by atoms with van der Waals surface area (Å²) >= 11 is 5.93. The summed E-state index contributed by atoms with van der Waals surface area (Å²) in [6.45, 7) is 0. The van der Waals surface area contributed by atoms with Crippen molar-refractivity contribution < 1.29 is 0 Å². The van der Waals surface area contributed by atoms with Crippen molar-refractivity contribution >= 4 is 37.9 Å². The monoisotopic (exact) mass is 214 g/mol. The van der Waals surface area contributed by atoms with E-state index in [2.05, 4.69) is 36.4 Å². The highest BCUT2D eigenvalue weighted by molar-refractivity contribution is 9.09. The van der Waals surface area contributed by atoms with Crippen molar-refractivity contribution in [3.63, 3.8) is 0 Å². The molecule has 0 rings (SSSR count). The third-order valence-corrected chi connectivity index (χ3v) is 1.29. The van der Waals surface area contributed by atoms with Gasteiger partial charge in [0.15, 0.2) is 0 Å². The van der Waals surface area contributed by atoms with Gasteiger partial charge in [-0.3, -0.25) is 5.41 Å². The van der Waals surface area contributed by atoms with E-state index in [1.807, 2.05) is 0 Å². The van der Waals surface area contributed by atoms with Crippen LogP contribution in [0.25, 0.3) is 0 Å². The molecule has 0 spiro atoms. The van der Waals surface area contributed by atoms with Crippen molar-refractivity contribution in [2.75, 3.05) is 5.33 Å². The van der Waals surface area contributed by atoms with Crippen molar-refractivity contribution in [3.8, 4) is 0 Å². The Labute approximate surface area is 53.3 Å². The van der Waals surface area contributed by atoms with Crippen molar-refractivity contribution in [2.24, 2.45) is 0 Å². The first kappa shape index (κ1) is 6.43. The van der Waals surface area contributed by atoms with E-state index in [-0.39, 0.29) is 0 Å². The van der Waals surface area contributed by atoms with Crippen LogP contribution in [0.4, 0.5) is 0 Å². The second kappa shape index (κ2) is 3.61. The number of hydrogen-bond acceptors (Lipinski definition) is 1. The summed E-state index contributed by atoms with van der Waals surface area (Å²) in [6.07, 6.45) is 0. The molecule has 0 saturated heterocycles. The fourth-order valence-electron chi connectivity index (χ4n) is 0.0253. The van der Waals surface area contributed by atoms with Crippen LogP contribution in [0, 0.1) is 5.41 Å². The third kappa shape index (κ3) is 2.66. The summed E-state index contributed by atoms with van der Waals surface area (Å²) in [5, 5.41) is 7.35. The van der Waals surface area contributed by atoms with Crippen LogP contribution in [0.1, 0.15) is 0 Å². The zero-order chi connectivity index (χ0) is 4.99. The zero-order valence-corrected chi connectivity index (χ0v) is 6.14. The lowest BCUT2D eigenvalue weighted by Crippen LogP contribution is -2.10. The number of rotatable bonds is 1. The Balaban J connectivity index is 2.99. The highest BCUT2D eigenvalue weighted by Crippen LogP contribution is 1.79. The van der Waals surface area contributed by atoms with Crippen LogP contribution in [0.3, 0.4) is 0 Å². The molecule has 0 aliphatic rings. The van der Waals surface area contributed by atoms with Crippen molar-refractivity contribution in [3.05, 3.63) is 0 Å². The highest BCUT2D eigenvalue weighted by atomic mass is 79.9. The van der Waals surface area contributed by atoms with Crippen LogP contribution < -0.4 is 4.34 Å². The van der Waals surface area contributed by atoms with Crippen molar-refractivity contribution in [1.82, 2.24) is 4.34 Å². The van der Waals surface area contributed by atoms with Crippen LogP contribution in [-0.4, -0.2) is 11.2 Å². The van der Waals surface area contributed by atoms with Gasteiger partial charge in [-0.2, -0.15) is 0 Å². The summed E-state index contributed by atoms with van der Waals surface area (Å²) in [5.74, 6) is 0.426. The Hall–Kier alpha value is 0.430. The number of hydrogen-bond donors (Lipinski definition) is 2. The largest absolute Gasteiger partial charge is 0.310 e. The Morgan fingerprint density at radius 3 is 2.33 bits per heavy atom. The minimum Gasteiger partial charge on any atom is -0.310 e. The fraction of sp³-hybridized carbons (Fsp3) is 0.500. The SMILES string of the molecule is N=C(CBr)NBr. The van der Waals surface area contributed by atoms with E-state index in [1.165, 1.54) is 0 Å². The molecule has 4 heteroatoms. The molecule has 2 N–H and O–H groups in total. The second-order valence-electron chi connectivity index (χ2n) is 0.707. The van der Waals surface area contributed by atoms with E-state index in [9.17, 15) is 0 Å². The van der Waals surface area contributed by atoms with Gasteiger partial charge >= 0.3 is 0 Å². The van der Waals surface area contributed by atoms with Gasteiger partial charge in [-0.05, 0) is 0 Å². The minimum atomic E-state index is 0.426. The Morgan fingerprint density at radius 2 is 2.33 bits per heavy atom. The van der Waals surface area contributed by atoms with Gasteiger partial charge in [-0.25, -0.2) is 0 Å². The van der Waals surface area contributed by atoms with Gasteiger partial charge in [-0.15, -0.1) is 0 Å². The Morgan fingerprint density at radius 1 is 1.83 bits per heavy atom. The third-order valence-electron chi connectivity index (χ3n) is 0.248. The summed E-state index contributed by atoms with van der Waals surface area (Å²) in [7, 11) is 0. The first-order chi connectivity index (χ1) is 2.81. The maximum Gasteiger partial charge on any atom is 0.114 e. The average molecular weight is 216 g/mol. The minimum absolute atomic E-state index is 0.426. The van der Waals surface area contributed by atoms with Gasteiger partial charge in [-0.1, -0.05) is 15.9 Å². The number of nitrogens with one attached hydrogen (secondary N) is 2. The van der Waals surface area contributed by atoms with E-state index >= 15 is 0 Å². The molecule has 0 radical (unpaired) electrons. The van der Waals surface area contributed by atoms with Gasteiger partial charge in [0, 0.05) is 16.1 Å². The summed E-state index contributed by atoms with van der Waals surface area (Å²) < 4.78 is 2.46. The lowest BCUT2D eigenvalue weighted by molar-refractivity contribution is 1.38. The molecule has 6 heavy (non-hydrogen) atoms. The molecule has 2 nitrogen and oxygen atoms in total. The summed E-state index contributed by atoms with van der Waals surface area (Å²) in [4.78, 5) is 0. The molecule has 0 aromatic carbocycles. The van der Waals surface area contributed by atoms with E-state index in [4.69, 9.17) is 5.41 Å². The fourth-order valence-corrected chi connectivity index (χ4v) is 0.682. The van der Waals surface area contributed by atoms with Gasteiger partial charge in [0.05, 0.1) is 5.33 Å². The molecule has 36 valence electrons. The van der Waals surface area contributed by atoms with E-state index in [0.29, 0.717) is 11.2 Å². The molecule has 0 fully saturated rings. The molecule has 0 aromatic rings. The number of halogens is 2. The molecule has 0 heterocycles. The first-order valence-corrected chi connectivity index (χ1v) is 3.22. The first-order valence-electron chi connectivity index (χ1n) is 1.31. The van der Waals surface area contributed by atoms with Gasteiger partial charge in [0.2, 0.25) is 0 Å². The number of alkyl halides is 1. The second-order valence-corrected chi connectivity index (χ2v) is 1.66. The topological polar surface area (TPSA) is 35.9 Å². The lowest BCUT2D eigenvalue weighted by atomic mass is 10.7. The van der Waals surface area contributed by atoms with Gasteiger partial charge < -0.3 is 4.34 Å². The van der Waals surface area contributed by atoms with Gasteiger partial charge in [0.25, 0.3) is 0 Å². The van der Waals surface area contributed by atoms with Crippen molar-refractivity contribution in [2.45, 2.75) is 0 Å². The van der Waals surface area contributed by atoms with Crippen LogP contribution >= 0.6 is 32.1 Å².